The fraction of sp³-hybridized carbons (Fsp3) is 0.350. The molecule has 0 spiro atoms. The van der Waals surface area contributed by atoms with Crippen molar-refractivity contribution in [3.05, 3.63) is 46.0 Å². The third-order valence-corrected chi connectivity index (χ3v) is 7.66. The number of halogens is 1. The van der Waals surface area contributed by atoms with Gasteiger partial charge in [-0.05, 0) is 13.8 Å². The van der Waals surface area contributed by atoms with Gasteiger partial charge in [0.05, 0.1) is 0 Å². The zero-order valence-corrected chi connectivity index (χ0v) is 19.1. The molecule has 0 aliphatic heterocycles. The first-order valence-corrected chi connectivity index (χ1v) is 12.9. The number of hydrogen-bond donors (Lipinski definition) is 1. The first-order chi connectivity index (χ1) is 12.6. The van der Waals surface area contributed by atoms with Gasteiger partial charge in [-0.3, -0.25) is 0 Å². The summed E-state index contributed by atoms with van der Waals surface area (Å²) in [4.78, 5) is 4.67. The van der Waals surface area contributed by atoms with Crippen molar-refractivity contribution < 1.29 is 25.8 Å². The van der Waals surface area contributed by atoms with Crippen LogP contribution in [0.4, 0.5) is 16.5 Å². The van der Waals surface area contributed by atoms with Crippen LogP contribution < -0.4 is 41.1 Å². The molecule has 0 saturated carbocycles. The second kappa shape index (κ2) is 8.43. The maximum absolute atomic E-state index is 3.54. The van der Waals surface area contributed by atoms with E-state index >= 15 is 0 Å². The average Bonchev–Trinajstić information content (AvgIpc) is 2.98. The summed E-state index contributed by atoms with van der Waals surface area (Å²) in [5.74, 6) is 0. The van der Waals surface area contributed by atoms with Crippen LogP contribution in [0.2, 0.25) is 0 Å². The first-order valence-electron chi connectivity index (χ1n) is 8.84. The monoisotopic (exact) mass is 482 g/mol. The molecule has 1 aromatic heterocycles. The summed E-state index contributed by atoms with van der Waals surface area (Å²) in [7, 11) is 4.19. The molecule has 6 heteroatoms. The second-order valence-corrected chi connectivity index (χ2v) is 9.48. The van der Waals surface area contributed by atoms with E-state index < -0.39 is 0 Å². The Kier molecular flexibility index (Phi) is 6.24. The molecule has 3 aromatic rings. The molecule has 0 fully saturated rings. The van der Waals surface area contributed by atoms with Crippen LogP contribution in [0, 0.1) is 3.57 Å². The Bertz CT molecular complexity index is 871. The Morgan fingerprint density at radius 2 is 1.69 bits per heavy atom. The van der Waals surface area contributed by atoms with Gasteiger partial charge in [0, 0.05) is 13.1 Å². The normalized spacial score (nSPS) is 11.1. The Morgan fingerprint density at radius 1 is 1.04 bits per heavy atom. The average molecular weight is 482 g/mol. The molecular weight excluding hydrogens is 455 g/mol. The molecule has 0 aliphatic rings. The summed E-state index contributed by atoms with van der Waals surface area (Å²) in [6.45, 7) is 6.45. The Balaban J connectivity index is 1.80. The molecule has 26 heavy (non-hydrogen) atoms. The summed E-state index contributed by atoms with van der Waals surface area (Å²) in [5.41, 5.74) is 7.25. The van der Waals surface area contributed by atoms with Crippen LogP contribution in [-0.4, -0.2) is 25.1 Å². The van der Waals surface area contributed by atoms with Crippen LogP contribution in [-0.2, 0) is 7.05 Å². The van der Waals surface area contributed by atoms with E-state index in [9.17, 15) is 0 Å². The Morgan fingerprint density at radius 3 is 2.31 bits per heavy atom. The third-order valence-electron chi connectivity index (χ3n) is 4.64. The van der Waals surface area contributed by atoms with Crippen LogP contribution in [0.15, 0.2) is 42.5 Å². The molecule has 3 rings (SSSR count). The van der Waals surface area contributed by atoms with E-state index in [1.165, 1.54) is 19.5 Å². The van der Waals surface area contributed by atoms with Crippen LogP contribution >= 0.6 is 11.3 Å². The third kappa shape index (κ3) is 3.91. The van der Waals surface area contributed by atoms with Crippen LogP contribution in [0.3, 0.4) is 0 Å². The summed E-state index contributed by atoms with van der Waals surface area (Å²) in [6, 6.07) is 15.6. The van der Waals surface area contributed by atoms with Gasteiger partial charge in [0.2, 0.25) is 0 Å². The number of nitrogens with one attached hydrogen (secondary N) is 1. The van der Waals surface area contributed by atoms with Gasteiger partial charge in [-0.25, -0.2) is 0 Å². The first kappa shape index (κ1) is 19.2. The Labute approximate surface area is 170 Å². The standard InChI is InChI=1S/C20H26IN4S/c1-6-25(7-2)17-11-9-16(10-12-17)24(5)22-20-23(4)18-13-8-15(21-3)14-19(18)26-20/h8-14H,6-7H2,1-5H3/q-1/p+1. The molecule has 0 radical (unpaired) electrons. The van der Waals surface area contributed by atoms with Crippen LogP contribution in [0.5, 0.6) is 0 Å². The number of benzene rings is 2. The predicted molar refractivity (Wildman–Crippen MR) is 110 cm³/mol. The number of aromatic nitrogens is 1. The van der Waals surface area contributed by atoms with Crippen molar-refractivity contribution in [2.75, 3.05) is 40.4 Å². The number of aryl methyl sites for hydroxylation is 1. The molecule has 1 heterocycles. The number of fused-ring (bicyclic) bond motifs is 1. The number of rotatable bonds is 7. The van der Waals surface area contributed by atoms with Gasteiger partial charge >= 0.3 is 144 Å². The fourth-order valence-electron chi connectivity index (χ4n) is 3.03. The minimum atomic E-state index is 0.130. The molecule has 0 saturated heterocycles. The fourth-order valence-corrected chi connectivity index (χ4v) is 5.52. The van der Waals surface area contributed by atoms with Gasteiger partial charge in [0.25, 0.3) is 0 Å². The van der Waals surface area contributed by atoms with Gasteiger partial charge in [-0.2, -0.15) is 0 Å². The molecule has 0 amide bonds. The van der Waals surface area contributed by atoms with E-state index in [0.29, 0.717) is 0 Å². The molecule has 0 atom stereocenters. The number of anilines is 3. The van der Waals surface area contributed by atoms with E-state index in [0.717, 1.165) is 23.9 Å². The summed E-state index contributed by atoms with van der Waals surface area (Å²) in [5, 5.41) is 3.23. The zero-order chi connectivity index (χ0) is 18.7. The molecule has 140 valence electrons. The number of nitrogens with zero attached hydrogens (tertiary/aromatic N) is 3. The quantitative estimate of drug-likeness (QED) is 0.235. The van der Waals surface area contributed by atoms with E-state index in [4.69, 9.17) is 0 Å². The van der Waals surface area contributed by atoms with E-state index in [-0.39, 0.29) is 21.2 Å². The molecule has 0 aliphatic carbocycles. The number of alkyl halides is 1. The molecule has 4 nitrogen and oxygen atoms in total. The SMILES string of the molecule is CCN(CC)c1ccc(N(C)Nc2sc3cc([I-]C)ccc3[n+]2C)cc1. The van der Waals surface area contributed by atoms with Crippen molar-refractivity contribution >= 4 is 38.1 Å². The van der Waals surface area contributed by atoms with Crippen LogP contribution in [0.25, 0.3) is 10.2 Å². The maximum atomic E-state index is 3.54. The van der Waals surface area contributed by atoms with E-state index in [1.54, 1.807) is 0 Å². The van der Waals surface area contributed by atoms with E-state index in [2.05, 4.69) is 95.2 Å². The van der Waals surface area contributed by atoms with Crippen molar-refractivity contribution in [2.45, 2.75) is 13.8 Å². The van der Waals surface area contributed by atoms with Crippen molar-refractivity contribution in [3.8, 4) is 0 Å². The molecule has 0 bridgehead atoms. The zero-order valence-electron chi connectivity index (χ0n) is 16.1. The number of thiazole rings is 1. The van der Waals surface area contributed by atoms with Crippen molar-refractivity contribution in [1.82, 2.24) is 0 Å². The molecule has 2 aromatic carbocycles. The van der Waals surface area contributed by atoms with E-state index in [1.807, 2.05) is 11.3 Å². The van der Waals surface area contributed by atoms with Gasteiger partial charge < -0.3 is 0 Å². The summed E-state index contributed by atoms with van der Waals surface area (Å²) < 4.78 is 5.07. The molecule has 0 unspecified atom stereocenters. The van der Waals surface area contributed by atoms with Gasteiger partial charge in [-0.15, -0.1) is 0 Å². The van der Waals surface area contributed by atoms with Gasteiger partial charge in [0.15, 0.2) is 0 Å². The number of hydrazine groups is 1. The summed E-state index contributed by atoms with van der Waals surface area (Å²) >= 11 is 1.94. The van der Waals surface area contributed by atoms with Crippen molar-refractivity contribution in [2.24, 2.45) is 7.05 Å². The predicted octanol–water partition coefficient (Wildman–Crippen LogP) is 0.924. The van der Waals surface area contributed by atoms with Crippen LogP contribution in [0.1, 0.15) is 13.8 Å². The van der Waals surface area contributed by atoms with Gasteiger partial charge in [-0.1, -0.05) is 0 Å². The van der Waals surface area contributed by atoms with Gasteiger partial charge in [0.1, 0.15) is 0 Å². The second-order valence-electron chi connectivity index (χ2n) is 6.13. The molecule has 1 N–H and O–H groups in total. The minimum absolute atomic E-state index is 0.130. The number of hydrogen-bond acceptors (Lipinski definition) is 4. The summed E-state index contributed by atoms with van der Waals surface area (Å²) in [6.07, 6.45) is 0. The van der Waals surface area contributed by atoms with Crippen molar-refractivity contribution in [1.29, 1.82) is 0 Å². The Hall–Kier alpha value is -1.54. The molecular formula is C20H27IN4S. The topological polar surface area (TPSA) is 22.4 Å². The van der Waals surface area contributed by atoms with Crippen molar-refractivity contribution in [3.63, 3.8) is 0 Å².